The van der Waals surface area contributed by atoms with Gasteiger partial charge >= 0.3 is 0 Å². The summed E-state index contributed by atoms with van der Waals surface area (Å²) in [7, 11) is -3.10. The van der Waals surface area contributed by atoms with E-state index in [2.05, 4.69) is 0 Å². The van der Waals surface area contributed by atoms with Crippen molar-refractivity contribution in [2.24, 2.45) is 5.73 Å². The van der Waals surface area contributed by atoms with Crippen LogP contribution in [-0.4, -0.2) is 43.1 Å². The van der Waals surface area contributed by atoms with Crippen molar-refractivity contribution in [1.82, 2.24) is 0 Å². The summed E-state index contributed by atoms with van der Waals surface area (Å²) in [5.74, 6) is 1.54. The lowest BCUT2D eigenvalue weighted by Crippen LogP contribution is -2.47. The van der Waals surface area contributed by atoms with E-state index in [0.717, 1.165) is 23.5 Å². The van der Waals surface area contributed by atoms with Gasteiger partial charge < -0.3 is 10.6 Å². The lowest BCUT2D eigenvalue weighted by atomic mass is 10.2. The third kappa shape index (κ3) is 3.40. The number of hydrogen-bond donors (Lipinski definition) is 1. The van der Waals surface area contributed by atoms with Crippen molar-refractivity contribution >= 4 is 44.5 Å². The summed E-state index contributed by atoms with van der Waals surface area (Å²) in [5, 5.41) is -0.457. The standard InChI is InChI=1S/C12H16N2O2S3/c1-19(15,16)11-8-18-7-6-14(11)10-4-2-9(3-5-10)12(13)17/h2-5,11H,6-8H2,1H3,(H2,13,17). The molecule has 4 nitrogen and oxygen atoms in total. The third-order valence-corrected chi connectivity index (χ3v) is 5.94. The van der Waals surface area contributed by atoms with E-state index in [1.165, 1.54) is 6.26 Å². The summed E-state index contributed by atoms with van der Waals surface area (Å²) < 4.78 is 23.7. The van der Waals surface area contributed by atoms with Gasteiger partial charge in [-0.2, -0.15) is 11.8 Å². The molecule has 1 fully saturated rings. The molecule has 104 valence electrons. The van der Waals surface area contributed by atoms with Crippen molar-refractivity contribution in [3.63, 3.8) is 0 Å². The molecule has 0 bridgehead atoms. The van der Waals surface area contributed by atoms with Crippen LogP contribution >= 0.6 is 24.0 Å². The monoisotopic (exact) mass is 316 g/mol. The first kappa shape index (κ1) is 14.6. The SMILES string of the molecule is CS(=O)(=O)C1CSCCN1c1ccc(C(N)=S)cc1. The Bertz CT molecular complexity index is 569. The fourth-order valence-electron chi connectivity index (χ4n) is 2.05. The normalized spacial score (nSPS) is 20.3. The summed E-state index contributed by atoms with van der Waals surface area (Å²) in [6, 6.07) is 7.42. The van der Waals surface area contributed by atoms with Crippen molar-refractivity contribution in [2.75, 3.05) is 29.2 Å². The Hall–Kier alpha value is -0.790. The molecule has 1 aliphatic heterocycles. The summed E-state index contributed by atoms with van der Waals surface area (Å²) in [4.78, 5) is 2.29. The number of sulfone groups is 1. The molecule has 0 amide bonds. The van der Waals surface area contributed by atoms with Crippen LogP contribution in [0.15, 0.2) is 24.3 Å². The predicted molar refractivity (Wildman–Crippen MR) is 85.6 cm³/mol. The molecule has 0 spiro atoms. The quantitative estimate of drug-likeness (QED) is 0.847. The zero-order chi connectivity index (χ0) is 14.0. The molecule has 1 aromatic rings. The van der Waals surface area contributed by atoms with E-state index < -0.39 is 15.2 Å². The van der Waals surface area contributed by atoms with E-state index >= 15 is 0 Å². The molecule has 2 N–H and O–H groups in total. The number of nitrogens with zero attached hydrogens (tertiary/aromatic N) is 1. The Labute approximate surface area is 123 Å². The summed E-state index contributed by atoms with van der Waals surface area (Å²) in [6.45, 7) is 0.731. The lowest BCUT2D eigenvalue weighted by molar-refractivity contribution is 0.584. The summed E-state index contributed by atoms with van der Waals surface area (Å²) >= 11 is 6.58. The first-order chi connectivity index (χ1) is 8.89. The van der Waals surface area contributed by atoms with Crippen LogP contribution in [0.5, 0.6) is 0 Å². The fourth-order valence-corrected chi connectivity index (χ4v) is 5.03. The van der Waals surface area contributed by atoms with E-state index in [1.807, 2.05) is 29.2 Å². The highest BCUT2D eigenvalue weighted by atomic mass is 32.2. The molecule has 0 aliphatic carbocycles. The van der Waals surface area contributed by atoms with Crippen LogP contribution in [0.2, 0.25) is 0 Å². The molecule has 1 aliphatic rings. The largest absolute Gasteiger partial charge is 0.389 e. The molecule has 2 rings (SSSR count). The second-order valence-electron chi connectivity index (χ2n) is 4.46. The highest BCUT2D eigenvalue weighted by Gasteiger charge is 2.31. The Kier molecular flexibility index (Phi) is 4.37. The first-order valence-electron chi connectivity index (χ1n) is 5.83. The van der Waals surface area contributed by atoms with Gasteiger partial charge in [-0.25, -0.2) is 8.42 Å². The van der Waals surface area contributed by atoms with E-state index in [4.69, 9.17) is 18.0 Å². The van der Waals surface area contributed by atoms with E-state index in [9.17, 15) is 8.42 Å². The van der Waals surface area contributed by atoms with Crippen molar-refractivity contribution in [2.45, 2.75) is 5.37 Å². The fraction of sp³-hybridized carbons (Fsp3) is 0.417. The first-order valence-corrected chi connectivity index (χ1v) is 9.34. The van der Waals surface area contributed by atoms with Gasteiger partial charge in [-0.15, -0.1) is 0 Å². The van der Waals surface area contributed by atoms with Crippen LogP contribution in [0.1, 0.15) is 5.56 Å². The minimum atomic E-state index is -3.10. The van der Waals surface area contributed by atoms with Crippen LogP contribution in [0.3, 0.4) is 0 Å². The second-order valence-corrected chi connectivity index (χ2v) is 8.26. The van der Waals surface area contributed by atoms with Crippen molar-refractivity contribution in [3.05, 3.63) is 29.8 Å². The number of hydrogen-bond acceptors (Lipinski definition) is 5. The molecule has 1 heterocycles. The maximum Gasteiger partial charge on any atom is 0.169 e. The average molecular weight is 316 g/mol. The molecular formula is C12H16N2O2S3. The van der Waals surface area contributed by atoms with Gasteiger partial charge in [-0.05, 0) is 24.3 Å². The molecule has 1 atom stereocenters. The minimum Gasteiger partial charge on any atom is -0.389 e. The minimum absolute atomic E-state index is 0.348. The number of thioether (sulfide) groups is 1. The number of thiocarbonyl (C=S) groups is 1. The van der Waals surface area contributed by atoms with Gasteiger partial charge in [-0.3, -0.25) is 0 Å². The molecule has 1 saturated heterocycles. The van der Waals surface area contributed by atoms with Crippen LogP contribution in [0.4, 0.5) is 5.69 Å². The maximum atomic E-state index is 11.8. The zero-order valence-corrected chi connectivity index (χ0v) is 13.0. The van der Waals surface area contributed by atoms with Crippen molar-refractivity contribution in [3.8, 4) is 0 Å². The maximum absolute atomic E-state index is 11.8. The van der Waals surface area contributed by atoms with Gasteiger partial charge in [0.25, 0.3) is 0 Å². The number of rotatable bonds is 3. The van der Waals surface area contributed by atoms with Gasteiger partial charge in [-0.1, -0.05) is 12.2 Å². The Morgan fingerprint density at radius 1 is 1.42 bits per heavy atom. The van der Waals surface area contributed by atoms with E-state index in [0.29, 0.717) is 10.7 Å². The summed E-state index contributed by atoms with van der Waals surface area (Å²) in [6.07, 6.45) is 1.29. The van der Waals surface area contributed by atoms with Gasteiger partial charge in [0, 0.05) is 35.6 Å². The second kappa shape index (κ2) is 5.68. The third-order valence-electron chi connectivity index (χ3n) is 3.06. The molecule has 0 radical (unpaired) electrons. The zero-order valence-electron chi connectivity index (χ0n) is 10.6. The Morgan fingerprint density at radius 2 is 2.05 bits per heavy atom. The molecule has 7 heteroatoms. The molecule has 1 unspecified atom stereocenters. The number of benzene rings is 1. The van der Waals surface area contributed by atoms with Crippen LogP contribution in [0.25, 0.3) is 0 Å². The van der Waals surface area contributed by atoms with Gasteiger partial charge in [0.2, 0.25) is 0 Å². The molecule has 1 aromatic carbocycles. The van der Waals surface area contributed by atoms with Crippen LogP contribution in [0, 0.1) is 0 Å². The topological polar surface area (TPSA) is 63.4 Å². The highest BCUT2D eigenvalue weighted by molar-refractivity contribution is 8.01. The van der Waals surface area contributed by atoms with Gasteiger partial charge in [0.1, 0.15) is 10.4 Å². The van der Waals surface area contributed by atoms with Crippen molar-refractivity contribution in [1.29, 1.82) is 0 Å². The van der Waals surface area contributed by atoms with Crippen LogP contribution < -0.4 is 10.6 Å². The predicted octanol–water partition coefficient (Wildman–Crippen LogP) is 1.24. The Morgan fingerprint density at radius 3 is 2.58 bits per heavy atom. The number of nitrogens with two attached hydrogens (primary N) is 1. The smallest absolute Gasteiger partial charge is 0.169 e. The molecular weight excluding hydrogens is 300 g/mol. The van der Waals surface area contributed by atoms with Gasteiger partial charge in [0.15, 0.2) is 9.84 Å². The van der Waals surface area contributed by atoms with Crippen molar-refractivity contribution < 1.29 is 8.42 Å². The number of anilines is 1. The molecule has 0 saturated carbocycles. The highest BCUT2D eigenvalue weighted by Crippen LogP contribution is 2.26. The van der Waals surface area contributed by atoms with E-state index in [-0.39, 0.29) is 0 Å². The van der Waals surface area contributed by atoms with Crippen LogP contribution in [-0.2, 0) is 9.84 Å². The molecule has 0 aromatic heterocycles. The van der Waals surface area contributed by atoms with E-state index in [1.54, 1.807) is 11.8 Å². The molecule has 19 heavy (non-hydrogen) atoms. The Balaban J connectivity index is 2.30. The average Bonchev–Trinajstić information content (AvgIpc) is 2.38. The van der Waals surface area contributed by atoms with Gasteiger partial charge in [0.05, 0.1) is 0 Å². The summed E-state index contributed by atoms with van der Waals surface area (Å²) in [5.41, 5.74) is 7.25. The lowest BCUT2D eigenvalue weighted by Gasteiger charge is -2.35.